The van der Waals surface area contributed by atoms with Crippen molar-refractivity contribution >= 4 is 27.4 Å². The van der Waals surface area contributed by atoms with Crippen LogP contribution in [0.15, 0.2) is 45.9 Å². The van der Waals surface area contributed by atoms with Gasteiger partial charge in [-0.3, -0.25) is 4.79 Å². The monoisotopic (exact) mass is 309 g/mol. The van der Waals surface area contributed by atoms with Crippen LogP contribution >= 0.6 is 0 Å². The zero-order valence-corrected chi connectivity index (χ0v) is 11.7. The van der Waals surface area contributed by atoms with Gasteiger partial charge in [-0.1, -0.05) is 0 Å². The highest BCUT2D eigenvalue weighted by Gasteiger charge is 2.15. The Hall–Kier alpha value is -2.61. The summed E-state index contributed by atoms with van der Waals surface area (Å²) in [6.45, 7) is 0. The van der Waals surface area contributed by atoms with E-state index in [1.165, 1.54) is 24.3 Å². The molecule has 0 radical (unpaired) electrons. The van der Waals surface area contributed by atoms with Crippen LogP contribution in [0, 0.1) is 0 Å². The second-order valence-electron chi connectivity index (χ2n) is 4.26. The van der Waals surface area contributed by atoms with Crippen LogP contribution in [-0.2, 0) is 9.84 Å². The molecule has 0 aliphatic heterocycles. The molecule has 1 amide bonds. The van der Waals surface area contributed by atoms with E-state index in [0.717, 1.165) is 18.6 Å². The number of furan rings is 1. The number of sulfone groups is 1. The molecule has 0 atom stereocenters. The van der Waals surface area contributed by atoms with Gasteiger partial charge < -0.3 is 14.8 Å². The molecular weight excluding hydrogens is 298 g/mol. The van der Waals surface area contributed by atoms with Crippen LogP contribution in [0.4, 0.5) is 5.69 Å². The van der Waals surface area contributed by atoms with E-state index in [4.69, 9.17) is 9.52 Å². The number of carbonyl (C=O) groups excluding carboxylic acids is 1. The van der Waals surface area contributed by atoms with Crippen LogP contribution in [-0.4, -0.2) is 31.7 Å². The van der Waals surface area contributed by atoms with Gasteiger partial charge in [0.05, 0.1) is 10.5 Å². The van der Waals surface area contributed by atoms with E-state index in [1.54, 1.807) is 0 Å². The summed E-state index contributed by atoms with van der Waals surface area (Å²) in [7, 11) is -3.30. The Bertz CT molecular complexity index is 788. The third-order valence-electron chi connectivity index (χ3n) is 2.61. The number of hydrogen-bond acceptors (Lipinski definition) is 5. The minimum atomic E-state index is -3.30. The molecule has 110 valence electrons. The lowest BCUT2D eigenvalue weighted by Gasteiger charge is -2.04. The minimum absolute atomic E-state index is 0.131. The molecule has 2 N–H and O–H groups in total. The molecule has 2 aromatic rings. The number of nitrogens with one attached hydrogen (secondary N) is 1. The van der Waals surface area contributed by atoms with E-state index in [-0.39, 0.29) is 16.2 Å². The van der Waals surface area contributed by atoms with Crippen LogP contribution in [0.3, 0.4) is 0 Å². The van der Waals surface area contributed by atoms with Crippen LogP contribution < -0.4 is 5.32 Å². The first-order chi connectivity index (χ1) is 9.77. The molecule has 0 spiro atoms. The summed E-state index contributed by atoms with van der Waals surface area (Å²) in [5.41, 5.74) is 0.230. The molecule has 0 unspecified atom stereocenters. The molecule has 8 heteroatoms. The van der Waals surface area contributed by atoms with E-state index >= 15 is 0 Å². The third-order valence-corrected chi connectivity index (χ3v) is 3.74. The number of hydrogen-bond donors (Lipinski definition) is 2. The summed E-state index contributed by atoms with van der Waals surface area (Å²) >= 11 is 0. The number of rotatable bonds is 4. The number of amides is 1. The molecule has 0 fully saturated rings. The molecule has 7 nitrogen and oxygen atoms in total. The average molecular weight is 309 g/mol. The lowest BCUT2D eigenvalue weighted by atomic mass is 10.3. The number of carboxylic acids is 1. The van der Waals surface area contributed by atoms with Gasteiger partial charge in [-0.15, -0.1) is 0 Å². The maximum absolute atomic E-state index is 11.8. The van der Waals surface area contributed by atoms with E-state index in [1.807, 2.05) is 0 Å². The molecule has 21 heavy (non-hydrogen) atoms. The summed E-state index contributed by atoms with van der Waals surface area (Å²) in [6, 6.07) is 6.67. The van der Waals surface area contributed by atoms with E-state index in [2.05, 4.69) is 5.32 Å². The van der Waals surface area contributed by atoms with Crippen LogP contribution in [0.1, 0.15) is 20.9 Å². The van der Waals surface area contributed by atoms with Crippen molar-refractivity contribution in [2.24, 2.45) is 0 Å². The van der Waals surface area contributed by atoms with Gasteiger partial charge in [0.25, 0.3) is 5.91 Å². The predicted molar refractivity (Wildman–Crippen MR) is 73.2 cm³/mol. The first kappa shape index (κ1) is 14.8. The summed E-state index contributed by atoms with van der Waals surface area (Å²) in [5, 5.41) is 11.2. The molecule has 1 aromatic heterocycles. The molecule has 0 aliphatic carbocycles. The first-order valence-electron chi connectivity index (χ1n) is 5.70. The molecule has 2 rings (SSSR count). The van der Waals surface area contributed by atoms with Gasteiger partial charge in [-0.2, -0.15) is 0 Å². The van der Waals surface area contributed by atoms with Crippen molar-refractivity contribution in [2.75, 3.05) is 11.6 Å². The fourth-order valence-corrected chi connectivity index (χ4v) is 2.18. The zero-order chi connectivity index (χ0) is 15.6. The topological polar surface area (TPSA) is 114 Å². The number of carbonyl (C=O) groups is 2. The fraction of sp³-hybridized carbons (Fsp3) is 0.0769. The largest absolute Gasteiger partial charge is 0.478 e. The SMILES string of the molecule is CS(=O)(=O)c1ccc(NC(=O)c2cc(C(=O)O)co2)cc1. The summed E-state index contributed by atoms with van der Waals surface area (Å²) in [5.74, 6) is -1.98. The highest BCUT2D eigenvalue weighted by atomic mass is 32.2. The molecule has 1 aromatic carbocycles. The molecule has 1 heterocycles. The zero-order valence-electron chi connectivity index (χ0n) is 10.9. The Morgan fingerprint density at radius 1 is 1.19 bits per heavy atom. The van der Waals surface area contributed by atoms with Crippen molar-refractivity contribution in [1.82, 2.24) is 0 Å². The summed E-state index contributed by atoms with van der Waals surface area (Å²) < 4.78 is 27.4. The van der Waals surface area contributed by atoms with Crippen LogP contribution in [0.25, 0.3) is 0 Å². The van der Waals surface area contributed by atoms with Gasteiger partial charge >= 0.3 is 5.97 Å². The molecule has 0 bridgehead atoms. The van der Waals surface area contributed by atoms with Gasteiger partial charge in [-0.05, 0) is 24.3 Å². The molecule has 0 aliphatic rings. The fourth-order valence-electron chi connectivity index (χ4n) is 1.55. The second-order valence-corrected chi connectivity index (χ2v) is 6.27. The Labute approximate surface area is 120 Å². The lowest BCUT2D eigenvalue weighted by molar-refractivity contribution is 0.0696. The summed E-state index contributed by atoms with van der Waals surface area (Å²) in [6.07, 6.45) is 2.04. The van der Waals surface area contributed by atoms with Crippen molar-refractivity contribution in [3.05, 3.63) is 47.9 Å². The number of aromatic carboxylic acids is 1. The van der Waals surface area contributed by atoms with Crippen molar-refractivity contribution < 1.29 is 27.5 Å². The number of carboxylic acid groups (broad SMARTS) is 1. The standard InChI is InChI=1S/C13H11NO6S/c1-21(18,19)10-4-2-9(3-5-10)14-12(15)11-6-8(7-20-11)13(16)17/h2-7H,1H3,(H,14,15)(H,16,17). The molecule has 0 saturated heterocycles. The van der Waals surface area contributed by atoms with Gasteiger partial charge in [-0.25, -0.2) is 13.2 Å². The van der Waals surface area contributed by atoms with E-state index < -0.39 is 21.7 Å². The Balaban J connectivity index is 2.14. The third kappa shape index (κ3) is 3.48. The maximum Gasteiger partial charge on any atom is 0.338 e. The molecular formula is C13H11NO6S. The van der Waals surface area contributed by atoms with Crippen LogP contribution in [0.2, 0.25) is 0 Å². The lowest BCUT2D eigenvalue weighted by Crippen LogP contribution is -2.11. The quantitative estimate of drug-likeness (QED) is 0.887. The Morgan fingerprint density at radius 3 is 2.29 bits per heavy atom. The van der Waals surface area contributed by atoms with Crippen molar-refractivity contribution in [2.45, 2.75) is 4.90 Å². The molecule has 0 saturated carbocycles. The Kier molecular flexibility index (Phi) is 3.81. The minimum Gasteiger partial charge on any atom is -0.478 e. The van der Waals surface area contributed by atoms with Gasteiger partial charge in [0.1, 0.15) is 6.26 Å². The number of benzene rings is 1. The summed E-state index contributed by atoms with van der Waals surface area (Å²) in [4.78, 5) is 22.6. The first-order valence-corrected chi connectivity index (χ1v) is 7.60. The van der Waals surface area contributed by atoms with Crippen molar-refractivity contribution in [3.8, 4) is 0 Å². The second kappa shape index (κ2) is 5.41. The highest BCUT2D eigenvalue weighted by Crippen LogP contribution is 2.15. The van der Waals surface area contributed by atoms with E-state index in [9.17, 15) is 18.0 Å². The van der Waals surface area contributed by atoms with Gasteiger partial charge in [0.2, 0.25) is 0 Å². The average Bonchev–Trinajstić information content (AvgIpc) is 2.88. The van der Waals surface area contributed by atoms with Crippen molar-refractivity contribution in [1.29, 1.82) is 0 Å². The predicted octanol–water partition coefficient (Wildman–Crippen LogP) is 1.63. The highest BCUT2D eigenvalue weighted by molar-refractivity contribution is 7.90. The van der Waals surface area contributed by atoms with E-state index in [0.29, 0.717) is 5.69 Å². The smallest absolute Gasteiger partial charge is 0.338 e. The maximum atomic E-state index is 11.8. The normalized spacial score (nSPS) is 11.1. The number of anilines is 1. The van der Waals surface area contributed by atoms with Crippen molar-refractivity contribution in [3.63, 3.8) is 0 Å². The Morgan fingerprint density at radius 2 is 1.81 bits per heavy atom. The van der Waals surface area contributed by atoms with Crippen LogP contribution in [0.5, 0.6) is 0 Å². The van der Waals surface area contributed by atoms with Gasteiger partial charge in [0, 0.05) is 18.0 Å². The van der Waals surface area contributed by atoms with Gasteiger partial charge in [0.15, 0.2) is 15.6 Å².